The van der Waals surface area contributed by atoms with E-state index in [2.05, 4.69) is 47.7 Å². The number of aryl methyl sites for hydroxylation is 1. The van der Waals surface area contributed by atoms with Gasteiger partial charge in [-0.3, -0.25) is 4.90 Å². The van der Waals surface area contributed by atoms with Crippen molar-refractivity contribution < 1.29 is 4.74 Å². The molecule has 134 valence electrons. The zero-order valence-electron chi connectivity index (χ0n) is 15.4. The smallest absolute Gasteiger partial charge is 0.0594 e. The molecule has 0 N–H and O–H groups in total. The van der Waals surface area contributed by atoms with Crippen LogP contribution in [-0.4, -0.2) is 37.7 Å². The van der Waals surface area contributed by atoms with Crippen LogP contribution in [0.2, 0.25) is 0 Å². The lowest BCUT2D eigenvalue weighted by molar-refractivity contribution is 0.0375. The first-order valence-corrected chi connectivity index (χ1v) is 10.3. The topological polar surface area (TPSA) is 12.5 Å². The summed E-state index contributed by atoms with van der Waals surface area (Å²) in [6.07, 6.45) is 12.1. The fourth-order valence-electron chi connectivity index (χ4n) is 3.08. The molecule has 0 bridgehead atoms. The van der Waals surface area contributed by atoms with Crippen LogP contribution in [0.5, 0.6) is 0 Å². The van der Waals surface area contributed by atoms with Crippen LogP contribution < -0.4 is 0 Å². The first kappa shape index (κ1) is 19.4. The summed E-state index contributed by atoms with van der Waals surface area (Å²) in [7, 11) is 0. The molecular formula is C21H33NOS. The minimum atomic E-state index is 0.910. The zero-order chi connectivity index (χ0) is 17.0. The molecule has 2 nitrogen and oxygen atoms in total. The highest BCUT2D eigenvalue weighted by Crippen LogP contribution is 2.13. The Kier molecular flexibility index (Phi) is 9.40. The highest BCUT2D eigenvalue weighted by Gasteiger charge is 2.09. The monoisotopic (exact) mass is 347 g/mol. The molecule has 1 aromatic heterocycles. The molecule has 2 heterocycles. The summed E-state index contributed by atoms with van der Waals surface area (Å²) in [5.41, 5.74) is 4.55. The Labute approximate surface area is 152 Å². The van der Waals surface area contributed by atoms with Crippen molar-refractivity contribution in [3.05, 3.63) is 45.7 Å². The average molecular weight is 348 g/mol. The zero-order valence-corrected chi connectivity index (χ0v) is 16.2. The second kappa shape index (κ2) is 11.6. The van der Waals surface area contributed by atoms with Crippen LogP contribution in [0, 0.1) is 0 Å². The number of morpholine rings is 1. The molecule has 0 amide bonds. The standard InChI is InChI=1S/C21H33NOS/c1-19(8-4-10-21-11-17-24-18-21)6-3-7-20(2)9-5-12-22-13-15-23-16-14-22/h7-8,11,17-18H,3-6,9-10,12-16H2,1-2H3/b19-8+,20-7+. The van der Waals surface area contributed by atoms with Gasteiger partial charge in [0.15, 0.2) is 0 Å². The molecule has 0 atom stereocenters. The second-order valence-corrected chi connectivity index (χ2v) is 7.65. The van der Waals surface area contributed by atoms with Gasteiger partial charge in [-0.05, 0) is 81.3 Å². The van der Waals surface area contributed by atoms with Crippen molar-refractivity contribution in [1.29, 1.82) is 0 Å². The Hall–Kier alpha value is -0.900. The number of hydrogen-bond acceptors (Lipinski definition) is 3. The molecule has 0 saturated carbocycles. The number of hydrogen-bond donors (Lipinski definition) is 0. The third-order valence-corrected chi connectivity index (χ3v) is 5.42. The van der Waals surface area contributed by atoms with Crippen molar-refractivity contribution >= 4 is 11.3 Å². The second-order valence-electron chi connectivity index (χ2n) is 6.87. The van der Waals surface area contributed by atoms with E-state index in [9.17, 15) is 0 Å². The van der Waals surface area contributed by atoms with Gasteiger partial charge in [0, 0.05) is 13.1 Å². The molecule has 1 aliphatic heterocycles. The SMILES string of the molecule is C/C(=C\CCc1ccsc1)CC/C=C(\C)CCCN1CCOCC1. The predicted molar refractivity (Wildman–Crippen MR) is 106 cm³/mol. The van der Waals surface area contributed by atoms with Crippen LogP contribution in [0.15, 0.2) is 40.1 Å². The summed E-state index contributed by atoms with van der Waals surface area (Å²) in [5, 5.41) is 4.42. The first-order chi connectivity index (χ1) is 11.7. The minimum Gasteiger partial charge on any atom is -0.379 e. The normalized spacial score (nSPS) is 17.4. The highest BCUT2D eigenvalue weighted by molar-refractivity contribution is 7.07. The minimum absolute atomic E-state index is 0.910. The van der Waals surface area contributed by atoms with Crippen LogP contribution in [0.4, 0.5) is 0 Å². The van der Waals surface area contributed by atoms with Gasteiger partial charge in [0.1, 0.15) is 0 Å². The Morgan fingerprint density at radius 2 is 1.88 bits per heavy atom. The van der Waals surface area contributed by atoms with E-state index in [1.165, 1.54) is 56.2 Å². The fraction of sp³-hybridized carbons (Fsp3) is 0.619. The molecule has 3 heteroatoms. The molecule has 24 heavy (non-hydrogen) atoms. The van der Waals surface area contributed by atoms with Gasteiger partial charge in [0.2, 0.25) is 0 Å². The predicted octanol–water partition coefficient (Wildman–Crippen LogP) is 5.47. The fourth-order valence-corrected chi connectivity index (χ4v) is 3.78. The van der Waals surface area contributed by atoms with Gasteiger partial charge >= 0.3 is 0 Å². The largest absolute Gasteiger partial charge is 0.379 e. The Morgan fingerprint density at radius 3 is 2.62 bits per heavy atom. The van der Waals surface area contributed by atoms with Crippen molar-refractivity contribution in [2.75, 3.05) is 32.8 Å². The van der Waals surface area contributed by atoms with Crippen molar-refractivity contribution in [3.63, 3.8) is 0 Å². The summed E-state index contributed by atoms with van der Waals surface area (Å²) in [4.78, 5) is 2.52. The molecule has 0 spiro atoms. The van der Waals surface area contributed by atoms with Gasteiger partial charge in [-0.15, -0.1) is 0 Å². The van der Waals surface area contributed by atoms with E-state index in [-0.39, 0.29) is 0 Å². The number of thiophene rings is 1. The summed E-state index contributed by atoms with van der Waals surface area (Å²) in [6, 6.07) is 2.23. The molecule has 0 aliphatic carbocycles. The quantitative estimate of drug-likeness (QED) is 0.521. The van der Waals surface area contributed by atoms with E-state index < -0.39 is 0 Å². The maximum Gasteiger partial charge on any atom is 0.0594 e. The van der Waals surface area contributed by atoms with Crippen molar-refractivity contribution in [2.45, 2.75) is 52.4 Å². The van der Waals surface area contributed by atoms with Crippen LogP contribution in [0.1, 0.15) is 51.5 Å². The summed E-state index contributed by atoms with van der Waals surface area (Å²) in [6.45, 7) is 9.82. The van der Waals surface area contributed by atoms with Crippen LogP contribution in [0.25, 0.3) is 0 Å². The number of rotatable bonds is 10. The molecule has 1 fully saturated rings. The van der Waals surface area contributed by atoms with Crippen molar-refractivity contribution in [2.24, 2.45) is 0 Å². The third-order valence-electron chi connectivity index (χ3n) is 4.69. The van der Waals surface area contributed by atoms with E-state index >= 15 is 0 Å². The van der Waals surface area contributed by atoms with Crippen LogP contribution in [-0.2, 0) is 11.2 Å². The molecular weight excluding hydrogens is 314 g/mol. The number of ether oxygens (including phenoxy) is 1. The van der Waals surface area contributed by atoms with Gasteiger partial charge in [-0.25, -0.2) is 0 Å². The van der Waals surface area contributed by atoms with E-state index in [1.54, 1.807) is 16.9 Å². The van der Waals surface area contributed by atoms with E-state index in [4.69, 9.17) is 4.74 Å². The maximum absolute atomic E-state index is 5.39. The number of nitrogens with zero attached hydrogens (tertiary/aromatic N) is 1. The van der Waals surface area contributed by atoms with Crippen molar-refractivity contribution in [1.82, 2.24) is 4.90 Å². The van der Waals surface area contributed by atoms with Gasteiger partial charge in [0.05, 0.1) is 13.2 Å². The molecule has 0 radical (unpaired) electrons. The third kappa shape index (κ3) is 8.27. The summed E-state index contributed by atoms with van der Waals surface area (Å²) in [5.74, 6) is 0. The Balaban J connectivity index is 1.54. The molecule has 1 aromatic rings. The maximum atomic E-state index is 5.39. The molecule has 0 unspecified atom stereocenters. The highest BCUT2D eigenvalue weighted by atomic mass is 32.1. The Morgan fingerprint density at radius 1 is 1.12 bits per heavy atom. The molecule has 2 rings (SSSR count). The van der Waals surface area contributed by atoms with Crippen molar-refractivity contribution in [3.8, 4) is 0 Å². The van der Waals surface area contributed by atoms with Gasteiger partial charge in [-0.2, -0.15) is 11.3 Å². The molecule has 1 aliphatic rings. The lowest BCUT2D eigenvalue weighted by atomic mass is 10.1. The average Bonchev–Trinajstić information content (AvgIpc) is 3.09. The van der Waals surface area contributed by atoms with Gasteiger partial charge in [-0.1, -0.05) is 23.3 Å². The van der Waals surface area contributed by atoms with E-state index in [0.717, 1.165) is 26.3 Å². The molecule has 1 saturated heterocycles. The first-order valence-electron chi connectivity index (χ1n) is 9.36. The van der Waals surface area contributed by atoms with Crippen LogP contribution in [0.3, 0.4) is 0 Å². The summed E-state index contributed by atoms with van der Waals surface area (Å²) < 4.78 is 5.39. The summed E-state index contributed by atoms with van der Waals surface area (Å²) >= 11 is 1.79. The Bertz CT molecular complexity index is 498. The van der Waals surface area contributed by atoms with Gasteiger partial charge in [0.25, 0.3) is 0 Å². The van der Waals surface area contributed by atoms with Gasteiger partial charge < -0.3 is 4.74 Å². The van der Waals surface area contributed by atoms with Crippen LogP contribution >= 0.6 is 11.3 Å². The van der Waals surface area contributed by atoms with E-state index in [1.807, 2.05) is 0 Å². The lowest BCUT2D eigenvalue weighted by Crippen LogP contribution is -2.36. The number of allylic oxidation sites excluding steroid dienone is 4. The lowest BCUT2D eigenvalue weighted by Gasteiger charge is -2.26. The van der Waals surface area contributed by atoms with E-state index in [0.29, 0.717) is 0 Å². The molecule has 0 aromatic carbocycles.